The third kappa shape index (κ3) is 4.40. The minimum atomic E-state index is -3.68. The number of ether oxygens (including phenoxy) is 1. The number of nitrogens with zero attached hydrogens (tertiary/aromatic N) is 3. The Morgan fingerprint density at radius 2 is 1.97 bits per heavy atom. The number of sulfonamides is 1. The molecule has 1 aromatic carbocycles. The monoisotopic (exact) mass is 434 g/mol. The molecule has 1 atom stereocenters. The van der Waals surface area contributed by atoms with Crippen LogP contribution < -0.4 is 5.32 Å². The third-order valence-corrected chi connectivity index (χ3v) is 7.22. The summed E-state index contributed by atoms with van der Waals surface area (Å²) in [5.41, 5.74) is 0.261. The van der Waals surface area contributed by atoms with Gasteiger partial charge in [0.25, 0.3) is 5.91 Å². The second kappa shape index (κ2) is 8.44. The van der Waals surface area contributed by atoms with Crippen molar-refractivity contribution < 1.29 is 22.5 Å². The zero-order valence-corrected chi connectivity index (χ0v) is 17.9. The number of hydrogen-bond acceptors (Lipinski definition) is 7. The molecule has 162 valence electrons. The van der Waals surface area contributed by atoms with Crippen LogP contribution in [0.25, 0.3) is 0 Å². The van der Waals surface area contributed by atoms with Crippen LogP contribution >= 0.6 is 0 Å². The van der Waals surface area contributed by atoms with Gasteiger partial charge in [-0.15, -0.1) is 0 Å². The van der Waals surface area contributed by atoms with Gasteiger partial charge in [-0.05, 0) is 37.0 Å². The predicted molar refractivity (Wildman–Crippen MR) is 107 cm³/mol. The van der Waals surface area contributed by atoms with Crippen LogP contribution in [0.2, 0.25) is 0 Å². The molecule has 1 unspecified atom stereocenters. The van der Waals surface area contributed by atoms with Gasteiger partial charge < -0.3 is 14.6 Å². The third-order valence-electron chi connectivity index (χ3n) is 5.32. The Balaban J connectivity index is 1.52. The maximum atomic E-state index is 12.9. The van der Waals surface area contributed by atoms with Crippen molar-refractivity contribution in [2.24, 2.45) is 5.92 Å². The second-order valence-corrected chi connectivity index (χ2v) is 9.94. The largest absolute Gasteiger partial charge is 0.379 e. The Morgan fingerprint density at radius 1 is 1.23 bits per heavy atom. The Hall–Kier alpha value is -2.30. The minimum absolute atomic E-state index is 0.0155. The normalized spacial score (nSPS) is 19.0. The first-order chi connectivity index (χ1) is 14.4. The first-order valence-electron chi connectivity index (χ1n) is 10.2. The van der Waals surface area contributed by atoms with E-state index < -0.39 is 16.1 Å². The molecule has 0 radical (unpaired) electrons. The second-order valence-electron chi connectivity index (χ2n) is 8.00. The van der Waals surface area contributed by atoms with Gasteiger partial charge in [-0.3, -0.25) is 4.79 Å². The highest BCUT2D eigenvalue weighted by molar-refractivity contribution is 7.89. The van der Waals surface area contributed by atoms with Gasteiger partial charge in [0.1, 0.15) is 6.04 Å². The Labute approximate surface area is 175 Å². The fourth-order valence-electron chi connectivity index (χ4n) is 3.35. The van der Waals surface area contributed by atoms with Gasteiger partial charge in [0, 0.05) is 24.6 Å². The molecule has 1 saturated carbocycles. The van der Waals surface area contributed by atoms with Crippen LogP contribution in [0.1, 0.15) is 60.7 Å². The van der Waals surface area contributed by atoms with E-state index in [0.717, 1.165) is 12.8 Å². The zero-order chi connectivity index (χ0) is 21.3. The first kappa shape index (κ1) is 21.0. The van der Waals surface area contributed by atoms with Gasteiger partial charge in [0.05, 0.1) is 18.1 Å². The SMILES string of the molecule is CC(C)C(NC(=O)c1cccc(S(=O)(=O)N2CCOCC2)c1)c1nc(C2CC2)no1. The van der Waals surface area contributed by atoms with Crippen molar-refractivity contribution in [1.29, 1.82) is 0 Å². The lowest BCUT2D eigenvalue weighted by Crippen LogP contribution is -2.40. The van der Waals surface area contributed by atoms with E-state index in [9.17, 15) is 13.2 Å². The number of rotatable bonds is 7. The molecule has 10 heteroatoms. The fourth-order valence-corrected chi connectivity index (χ4v) is 4.81. The van der Waals surface area contributed by atoms with Crippen molar-refractivity contribution in [3.05, 3.63) is 41.5 Å². The van der Waals surface area contributed by atoms with Crippen LogP contribution in [0.15, 0.2) is 33.7 Å². The molecule has 0 bridgehead atoms. The molecular weight excluding hydrogens is 408 g/mol. The van der Waals surface area contributed by atoms with Crippen molar-refractivity contribution >= 4 is 15.9 Å². The lowest BCUT2D eigenvalue weighted by atomic mass is 10.0. The van der Waals surface area contributed by atoms with E-state index in [0.29, 0.717) is 43.9 Å². The molecule has 1 aliphatic carbocycles. The van der Waals surface area contributed by atoms with E-state index in [1.807, 2.05) is 13.8 Å². The molecule has 1 N–H and O–H groups in total. The van der Waals surface area contributed by atoms with Crippen LogP contribution in [-0.4, -0.2) is 55.1 Å². The summed E-state index contributed by atoms with van der Waals surface area (Å²) >= 11 is 0. The Bertz CT molecular complexity index is 1010. The molecule has 2 aromatic rings. The molecule has 2 heterocycles. The molecule has 1 amide bonds. The van der Waals surface area contributed by atoms with E-state index in [1.165, 1.54) is 16.4 Å². The van der Waals surface area contributed by atoms with Crippen molar-refractivity contribution in [3.63, 3.8) is 0 Å². The summed E-state index contributed by atoms with van der Waals surface area (Å²) < 4.78 is 37.8. The average Bonchev–Trinajstić information content (AvgIpc) is 3.49. The molecule has 2 fully saturated rings. The summed E-state index contributed by atoms with van der Waals surface area (Å²) in [5, 5.41) is 6.94. The van der Waals surface area contributed by atoms with E-state index in [1.54, 1.807) is 12.1 Å². The molecule has 1 saturated heterocycles. The average molecular weight is 435 g/mol. The van der Waals surface area contributed by atoms with Crippen molar-refractivity contribution in [2.75, 3.05) is 26.3 Å². The van der Waals surface area contributed by atoms with Crippen molar-refractivity contribution in [1.82, 2.24) is 19.8 Å². The van der Waals surface area contributed by atoms with E-state index in [-0.39, 0.29) is 22.3 Å². The van der Waals surface area contributed by atoms with E-state index in [2.05, 4.69) is 15.5 Å². The summed E-state index contributed by atoms with van der Waals surface area (Å²) in [5.74, 6) is 1.04. The number of benzene rings is 1. The number of morpholine rings is 1. The maximum absolute atomic E-state index is 12.9. The molecule has 9 nitrogen and oxygen atoms in total. The summed E-state index contributed by atoms with van der Waals surface area (Å²) in [6.07, 6.45) is 2.12. The standard InChI is InChI=1S/C20H26N4O5S/c1-13(2)17(20-22-18(23-29-20)14-6-7-14)21-19(25)15-4-3-5-16(12-15)30(26,27)24-8-10-28-11-9-24/h3-5,12-14,17H,6-11H2,1-2H3,(H,21,25). The van der Waals surface area contributed by atoms with E-state index in [4.69, 9.17) is 9.26 Å². The highest BCUT2D eigenvalue weighted by Crippen LogP contribution is 2.38. The molecule has 1 aromatic heterocycles. The molecule has 1 aliphatic heterocycles. The number of aromatic nitrogens is 2. The molecule has 4 rings (SSSR count). The van der Waals surface area contributed by atoms with Gasteiger partial charge in [0.2, 0.25) is 15.9 Å². The summed E-state index contributed by atoms with van der Waals surface area (Å²) in [7, 11) is -3.68. The minimum Gasteiger partial charge on any atom is -0.379 e. The number of hydrogen-bond donors (Lipinski definition) is 1. The van der Waals surface area contributed by atoms with Gasteiger partial charge in [0.15, 0.2) is 5.82 Å². The van der Waals surface area contributed by atoms with E-state index >= 15 is 0 Å². The van der Waals surface area contributed by atoms with Crippen LogP contribution in [0, 0.1) is 5.92 Å². The van der Waals surface area contributed by atoms with Crippen LogP contribution in [0.3, 0.4) is 0 Å². The zero-order valence-electron chi connectivity index (χ0n) is 17.1. The highest BCUT2D eigenvalue weighted by atomic mass is 32.2. The van der Waals surface area contributed by atoms with Crippen LogP contribution in [-0.2, 0) is 14.8 Å². The summed E-state index contributed by atoms with van der Waals surface area (Å²) in [6.45, 7) is 5.23. The van der Waals surface area contributed by atoms with Gasteiger partial charge in [-0.1, -0.05) is 25.1 Å². The predicted octanol–water partition coefficient (Wildman–Crippen LogP) is 2.09. The number of carbonyl (C=O) groups excluding carboxylic acids is 1. The van der Waals surface area contributed by atoms with Crippen molar-refractivity contribution in [3.8, 4) is 0 Å². The highest BCUT2D eigenvalue weighted by Gasteiger charge is 2.32. The quantitative estimate of drug-likeness (QED) is 0.709. The first-order valence-corrected chi connectivity index (χ1v) is 11.6. The molecule has 30 heavy (non-hydrogen) atoms. The maximum Gasteiger partial charge on any atom is 0.251 e. The van der Waals surface area contributed by atoms with Gasteiger partial charge in [-0.25, -0.2) is 8.42 Å². The van der Waals surface area contributed by atoms with Crippen LogP contribution in [0.4, 0.5) is 0 Å². The number of carbonyl (C=O) groups is 1. The number of amides is 1. The van der Waals surface area contributed by atoms with Crippen molar-refractivity contribution in [2.45, 2.75) is 43.5 Å². The molecule has 0 spiro atoms. The Kier molecular flexibility index (Phi) is 5.90. The molecular formula is C20H26N4O5S. The summed E-state index contributed by atoms with van der Waals surface area (Å²) in [4.78, 5) is 17.5. The topological polar surface area (TPSA) is 115 Å². The molecule has 2 aliphatic rings. The van der Waals surface area contributed by atoms with Gasteiger partial charge >= 0.3 is 0 Å². The number of nitrogens with one attached hydrogen (secondary N) is 1. The summed E-state index contributed by atoms with van der Waals surface area (Å²) in [6, 6.07) is 5.61. The lowest BCUT2D eigenvalue weighted by molar-refractivity contribution is 0.0730. The fraction of sp³-hybridized carbons (Fsp3) is 0.550. The smallest absolute Gasteiger partial charge is 0.251 e. The van der Waals surface area contributed by atoms with Gasteiger partial charge in [-0.2, -0.15) is 9.29 Å². The van der Waals surface area contributed by atoms with Crippen LogP contribution in [0.5, 0.6) is 0 Å². The Morgan fingerprint density at radius 3 is 2.63 bits per heavy atom. The lowest BCUT2D eigenvalue weighted by Gasteiger charge is -2.26.